The van der Waals surface area contributed by atoms with Gasteiger partial charge in [0.15, 0.2) is 0 Å². The number of aryl methyl sites for hydroxylation is 1. The predicted molar refractivity (Wildman–Crippen MR) is 51.8 cm³/mol. The number of ether oxygens (including phenoxy) is 1. The van der Waals surface area contributed by atoms with Crippen molar-refractivity contribution in [3.63, 3.8) is 0 Å². The number of carboxylic acid groups (broad SMARTS) is 1. The van der Waals surface area contributed by atoms with Crippen LogP contribution in [0.2, 0.25) is 0 Å². The summed E-state index contributed by atoms with van der Waals surface area (Å²) in [6, 6.07) is 0. The van der Waals surface area contributed by atoms with E-state index in [1.807, 2.05) is 0 Å². The number of rotatable bonds is 3. The summed E-state index contributed by atoms with van der Waals surface area (Å²) in [5.74, 6) is -2.60. The first-order chi connectivity index (χ1) is 7.40. The third-order valence-electron chi connectivity index (χ3n) is 1.79. The summed E-state index contributed by atoms with van der Waals surface area (Å²) in [6.07, 6.45) is 0. The third kappa shape index (κ3) is 2.36. The number of hydrogen-bond donors (Lipinski definition) is 1. The van der Waals surface area contributed by atoms with Crippen molar-refractivity contribution in [1.82, 2.24) is 9.78 Å². The fourth-order valence-electron chi connectivity index (χ4n) is 1.16. The Labute approximate surface area is 93.9 Å². The lowest BCUT2D eigenvalue weighted by molar-refractivity contribution is -0.385. The van der Waals surface area contributed by atoms with Gasteiger partial charge in [-0.25, -0.2) is 9.59 Å². The van der Waals surface area contributed by atoms with Gasteiger partial charge in [-0.05, 0) is 0 Å². The molecule has 0 saturated carbocycles. The first-order valence-electron chi connectivity index (χ1n) is 3.93. The summed E-state index contributed by atoms with van der Waals surface area (Å²) >= 11 is 0. The second kappa shape index (κ2) is 5.03. The maximum Gasteiger partial charge on any atom is 0.365 e. The van der Waals surface area contributed by atoms with Gasteiger partial charge in [-0.2, -0.15) is 5.10 Å². The molecule has 0 aliphatic heterocycles. The molecular weight excluding hydrogens is 238 g/mol. The second-order valence-corrected chi connectivity index (χ2v) is 2.72. The fraction of sp³-hybridized carbons (Fsp3) is 0.286. The molecule has 1 heterocycles. The molecule has 0 atom stereocenters. The zero-order valence-corrected chi connectivity index (χ0v) is 8.83. The number of nitrogens with zero attached hydrogens (tertiary/aromatic N) is 3. The number of carbonyl (C=O) groups is 2. The molecule has 0 aliphatic rings. The number of carbonyl (C=O) groups excluding carboxylic acids is 1. The summed E-state index contributed by atoms with van der Waals surface area (Å²) in [5.41, 5.74) is -2.18. The zero-order chi connectivity index (χ0) is 12.5. The lowest BCUT2D eigenvalue weighted by atomic mass is 10.3. The van der Waals surface area contributed by atoms with E-state index in [2.05, 4.69) is 9.84 Å². The Kier molecular flexibility index (Phi) is 4.29. The molecule has 0 aliphatic carbocycles. The minimum absolute atomic E-state index is 0. The highest BCUT2D eigenvalue weighted by molar-refractivity contribution is 5.99. The van der Waals surface area contributed by atoms with Gasteiger partial charge in [-0.1, -0.05) is 0 Å². The molecule has 1 aromatic heterocycles. The molecule has 1 aromatic rings. The van der Waals surface area contributed by atoms with Gasteiger partial charge in [0.25, 0.3) is 0 Å². The van der Waals surface area contributed by atoms with Gasteiger partial charge < -0.3 is 15.3 Å². The molecule has 1 rings (SSSR count). The maximum absolute atomic E-state index is 11.1. The van der Waals surface area contributed by atoms with Crippen LogP contribution in [-0.2, 0) is 11.8 Å². The molecular formula is C7H9N3O7. The van der Waals surface area contributed by atoms with Crippen LogP contribution in [0, 0.1) is 10.1 Å². The predicted octanol–water partition coefficient (Wildman–Crippen LogP) is -1.01. The summed E-state index contributed by atoms with van der Waals surface area (Å²) in [6.45, 7) is 0. The normalized spacial score (nSPS) is 9.29. The molecule has 3 N–H and O–H groups in total. The Bertz CT molecular complexity index is 478. The van der Waals surface area contributed by atoms with Crippen LogP contribution in [0.15, 0.2) is 0 Å². The van der Waals surface area contributed by atoms with Crippen LogP contribution in [0.3, 0.4) is 0 Å². The molecule has 0 bridgehead atoms. The van der Waals surface area contributed by atoms with E-state index in [1.54, 1.807) is 0 Å². The van der Waals surface area contributed by atoms with E-state index in [-0.39, 0.29) is 5.48 Å². The van der Waals surface area contributed by atoms with Crippen LogP contribution in [0.25, 0.3) is 0 Å². The van der Waals surface area contributed by atoms with Crippen molar-refractivity contribution in [2.45, 2.75) is 0 Å². The van der Waals surface area contributed by atoms with Crippen molar-refractivity contribution in [3.8, 4) is 0 Å². The lowest BCUT2D eigenvalue weighted by Gasteiger charge is -1.94. The lowest BCUT2D eigenvalue weighted by Crippen LogP contribution is -2.08. The summed E-state index contributed by atoms with van der Waals surface area (Å²) in [5, 5.41) is 22.9. The monoisotopic (exact) mass is 247 g/mol. The highest BCUT2D eigenvalue weighted by Gasteiger charge is 2.35. The molecule has 10 heteroatoms. The molecule has 0 saturated heterocycles. The quantitative estimate of drug-likeness (QED) is 0.407. The first kappa shape index (κ1) is 14.5. The Morgan fingerprint density at radius 1 is 1.53 bits per heavy atom. The molecule has 10 nitrogen and oxygen atoms in total. The van der Waals surface area contributed by atoms with Gasteiger partial charge in [0.05, 0.1) is 12.0 Å². The first-order valence-corrected chi connectivity index (χ1v) is 3.93. The Morgan fingerprint density at radius 2 is 2.06 bits per heavy atom. The van der Waals surface area contributed by atoms with Crippen molar-refractivity contribution in [2.24, 2.45) is 7.05 Å². The van der Waals surface area contributed by atoms with E-state index in [4.69, 9.17) is 5.11 Å². The number of esters is 1. The Hall–Kier alpha value is -2.49. The topological polar surface area (TPSA) is 156 Å². The van der Waals surface area contributed by atoms with Crippen molar-refractivity contribution >= 4 is 17.6 Å². The molecule has 0 aromatic carbocycles. The van der Waals surface area contributed by atoms with Gasteiger partial charge in [0.2, 0.25) is 11.4 Å². The van der Waals surface area contributed by atoms with Crippen molar-refractivity contribution in [3.05, 3.63) is 21.5 Å². The molecule has 17 heavy (non-hydrogen) atoms. The van der Waals surface area contributed by atoms with Crippen LogP contribution >= 0.6 is 0 Å². The fourth-order valence-corrected chi connectivity index (χ4v) is 1.16. The van der Waals surface area contributed by atoms with Gasteiger partial charge >= 0.3 is 17.6 Å². The second-order valence-electron chi connectivity index (χ2n) is 2.72. The smallest absolute Gasteiger partial charge is 0.365 e. The third-order valence-corrected chi connectivity index (χ3v) is 1.79. The number of hydrogen-bond acceptors (Lipinski definition) is 6. The zero-order valence-electron chi connectivity index (χ0n) is 8.83. The van der Waals surface area contributed by atoms with E-state index in [0.29, 0.717) is 0 Å². The van der Waals surface area contributed by atoms with Gasteiger partial charge in [-0.15, -0.1) is 0 Å². The van der Waals surface area contributed by atoms with Crippen molar-refractivity contribution in [2.75, 3.05) is 7.11 Å². The van der Waals surface area contributed by atoms with E-state index in [0.717, 1.165) is 11.8 Å². The Balaban J connectivity index is 0.00000256. The number of carboxylic acids is 1. The molecule has 0 amide bonds. The SMILES string of the molecule is COC(=O)c1nn(C)c(C(=O)O)c1[N+](=O)[O-].O. The van der Waals surface area contributed by atoms with E-state index < -0.39 is 33.9 Å². The van der Waals surface area contributed by atoms with Crippen LogP contribution in [0.5, 0.6) is 0 Å². The average Bonchev–Trinajstić information content (AvgIpc) is 2.54. The maximum atomic E-state index is 11.1. The molecule has 0 unspecified atom stereocenters. The molecule has 0 spiro atoms. The minimum Gasteiger partial charge on any atom is -0.476 e. The van der Waals surface area contributed by atoms with Crippen molar-refractivity contribution in [1.29, 1.82) is 0 Å². The number of nitro groups is 1. The van der Waals surface area contributed by atoms with E-state index in [9.17, 15) is 19.7 Å². The molecule has 94 valence electrons. The molecule has 0 fully saturated rings. The van der Waals surface area contributed by atoms with Crippen LogP contribution < -0.4 is 0 Å². The average molecular weight is 247 g/mol. The highest BCUT2D eigenvalue weighted by atomic mass is 16.6. The van der Waals surface area contributed by atoms with Gasteiger partial charge in [0.1, 0.15) is 0 Å². The number of aromatic carboxylic acids is 1. The van der Waals surface area contributed by atoms with E-state index >= 15 is 0 Å². The van der Waals surface area contributed by atoms with Crippen LogP contribution in [-0.4, -0.2) is 44.3 Å². The van der Waals surface area contributed by atoms with Gasteiger partial charge in [0, 0.05) is 7.05 Å². The highest BCUT2D eigenvalue weighted by Crippen LogP contribution is 2.23. The van der Waals surface area contributed by atoms with Crippen molar-refractivity contribution < 1.29 is 29.8 Å². The van der Waals surface area contributed by atoms with Crippen LogP contribution in [0.1, 0.15) is 21.0 Å². The van der Waals surface area contributed by atoms with E-state index in [1.165, 1.54) is 7.05 Å². The minimum atomic E-state index is -1.54. The summed E-state index contributed by atoms with van der Waals surface area (Å²) in [7, 11) is 2.20. The largest absolute Gasteiger partial charge is 0.476 e. The number of aromatic nitrogens is 2. The van der Waals surface area contributed by atoms with Gasteiger partial charge in [-0.3, -0.25) is 14.8 Å². The standard InChI is InChI=1S/C7H7N3O6.H2O/c1-9-5(6(11)12)4(10(14)15)3(8-9)7(13)16-2;/h1-2H3,(H,11,12);1H2. The molecule has 0 radical (unpaired) electrons. The van der Waals surface area contributed by atoms with Crippen LogP contribution in [0.4, 0.5) is 5.69 Å². The summed E-state index contributed by atoms with van der Waals surface area (Å²) in [4.78, 5) is 31.6. The Morgan fingerprint density at radius 3 is 2.41 bits per heavy atom. The number of methoxy groups -OCH3 is 1. The summed E-state index contributed by atoms with van der Waals surface area (Å²) < 4.78 is 5.01.